The average molecular weight is 259 g/mol. The summed E-state index contributed by atoms with van der Waals surface area (Å²) < 4.78 is 7.33. The minimum Gasteiger partial charge on any atom is -0.496 e. The lowest BCUT2D eigenvalue weighted by atomic mass is 9.87. The number of aryl methyl sites for hydroxylation is 1. The SMILES string of the molecule is CCCn1cc(C(C)(N)c2ccccc2OC)cn1. The Bertz CT molecular complexity index is 546. The third-order valence-electron chi connectivity index (χ3n) is 3.35. The van der Waals surface area contributed by atoms with E-state index in [0.29, 0.717) is 0 Å². The van der Waals surface area contributed by atoms with Gasteiger partial charge in [0.2, 0.25) is 0 Å². The lowest BCUT2D eigenvalue weighted by Crippen LogP contribution is -2.34. The molecule has 1 unspecified atom stereocenters. The van der Waals surface area contributed by atoms with Crippen molar-refractivity contribution < 1.29 is 4.74 Å². The largest absolute Gasteiger partial charge is 0.496 e. The van der Waals surface area contributed by atoms with Crippen molar-refractivity contribution in [3.05, 3.63) is 47.8 Å². The van der Waals surface area contributed by atoms with E-state index in [1.807, 2.05) is 48.3 Å². The summed E-state index contributed by atoms with van der Waals surface area (Å²) in [6.45, 7) is 5.02. The van der Waals surface area contributed by atoms with Crippen molar-refractivity contribution in [2.24, 2.45) is 5.73 Å². The molecule has 1 heterocycles. The van der Waals surface area contributed by atoms with Crippen LogP contribution in [0.5, 0.6) is 5.75 Å². The summed E-state index contributed by atoms with van der Waals surface area (Å²) in [6.07, 6.45) is 4.90. The lowest BCUT2D eigenvalue weighted by molar-refractivity contribution is 0.399. The highest BCUT2D eigenvalue weighted by Crippen LogP contribution is 2.32. The van der Waals surface area contributed by atoms with Gasteiger partial charge in [0.15, 0.2) is 0 Å². The van der Waals surface area contributed by atoms with Crippen molar-refractivity contribution in [1.29, 1.82) is 0 Å². The summed E-state index contributed by atoms with van der Waals surface area (Å²) in [4.78, 5) is 0. The molecule has 0 aliphatic carbocycles. The topological polar surface area (TPSA) is 53.1 Å². The molecule has 0 radical (unpaired) electrons. The number of hydrogen-bond acceptors (Lipinski definition) is 3. The third-order valence-corrected chi connectivity index (χ3v) is 3.35. The van der Waals surface area contributed by atoms with E-state index in [9.17, 15) is 0 Å². The molecule has 1 atom stereocenters. The van der Waals surface area contributed by atoms with E-state index in [1.54, 1.807) is 7.11 Å². The molecular formula is C15H21N3O. The molecule has 0 saturated heterocycles. The molecule has 2 N–H and O–H groups in total. The summed E-state index contributed by atoms with van der Waals surface area (Å²) in [5.41, 5.74) is 7.86. The molecule has 0 spiro atoms. The molecular weight excluding hydrogens is 238 g/mol. The van der Waals surface area contributed by atoms with Crippen molar-refractivity contribution in [3.63, 3.8) is 0 Å². The molecule has 4 heteroatoms. The van der Waals surface area contributed by atoms with E-state index in [2.05, 4.69) is 12.0 Å². The van der Waals surface area contributed by atoms with Crippen molar-refractivity contribution in [2.75, 3.05) is 7.11 Å². The van der Waals surface area contributed by atoms with Gasteiger partial charge < -0.3 is 10.5 Å². The Balaban J connectivity index is 2.39. The van der Waals surface area contributed by atoms with E-state index in [0.717, 1.165) is 29.8 Å². The minimum atomic E-state index is -0.613. The number of ether oxygens (including phenoxy) is 1. The van der Waals surface area contributed by atoms with Crippen LogP contribution in [0.2, 0.25) is 0 Å². The maximum absolute atomic E-state index is 6.51. The number of hydrogen-bond donors (Lipinski definition) is 1. The normalized spacial score (nSPS) is 14.1. The summed E-state index contributed by atoms with van der Waals surface area (Å²) in [6, 6.07) is 7.84. The first-order chi connectivity index (χ1) is 9.09. The van der Waals surface area contributed by atoms with Gasteiger partial charge in [-0.3, -0.25) is 4.68 Å². The van der Waals surface area contributed by atoms with Crippen molar-refractivity contribution in [3.8, 4) is 5.75 Å². The van der Waals surface area contributed by atoms with Crippen LogP contribution in [0.1, 0.15) is 31.4 Å². The quantitative estimate of drug-likeness (QED) is 0.897. The van der Waals surface area contributed by atoms with Crippen LogP contribution in [0.4, 0.5) is 0 Å². The number of nitrogens with zero attached hydrogens (tertiary/aromatic N) is 2. The molecule has 0 bridgehead atoms. The summed E-state index contributed by atoms with van der Waals surface area (Å²) in [5, 5.41) is 4.35. The number of aromatic nitrogens is 2. The molecule has 2 aromatic rings. The highest BCUT2D eigenvalue weighted by Gasteiger charge is 2.28. The van der Waals surface area contributed by atoms with Crippen molar-refractivity contribution >= 4 is 0 Å². The van der Waals surface area contributed by atoms with E-state index in [1.165, 1.54) is 0 Å². The first kappa shape index (κ1) is 13.6. The standard InChI is InChI=1S/C15H21N3O/c1-4-9-18-11-12(10-17-18)15(2,16)13-7-5-6-8-14(13)19-3/h5-8,10-11H,4,9,16H2,1-3H3. The van der Waals surface area contributed by atoms with Crippen molar-refractivity contribution in [1.82, 2.24) is 9.78 Å². The highest BCUT2D eigenvalue weighted by atomic mass is 16.5. The van der Waals surface area contributed by atoms with Gasteiger partial charge in [-0.05, 0) is 19.4 Å². The van der Waals surface area contributed by atoms with Gasteiger partial charge in [0, 0.05) is 23.9 Å². The summed E-state index contributed by atoms with van der Waals surface area (Å²) in [5.74, 6) is 0.802. The van der Waals surface area contributed by atoms with Crippen LogP contribution in [0.15, 0.2) is 36.7 Å². The monoisotopic (exact) mass is 259 g/mol. The molecule has 0 saturated carbocycles. The smallest absolute Gasteiger partial charge is 0.124 e. The Morgan fingerprint density at radius 2 is 2.11 bits per heavy atom. The highest BCUT2D eigenvalue weighted by molar-refractivity contribution is 5.44. The Morgan fingerprint density at radius 3 is 2.79 bits per heavy atom. The second-order valence-electron chi connectivity index (χ2n) is 4.89. The van der Waals surface area contributed by atoms with Crippen LogP contribution in [0.25, 0.3) is 0 Å². The van der Waals surface area contributed by atoms with Crippen LogP contribution in [-0.2, 0) is 12.1 Å². The van der Waals surface area contributed by atoms with Gasteiger partial charge in [0.05, 0.1) is 18.8 Å². The molecule has 0 aliphatic rings. The fraction of sp³-hybridized carbons (Fsp3) is 0.400. The Labute approximate surface area is 114 Å². The molecule has 0 fully saturated rings. The summed E-state index contributed by atoms with van der Waals surface area (Å²) in [7, 11) is 1.66. The minimum absolute atomic E-state index is 0.613. The van der Waals surface area contributed by atoms with Gasteiger partial charge in [-0.1, -0.05) is 25.1 Å². The fourth-order valence-corrected chi connectivity index (χ4v) is 2.21. The van der Waals surface area contributed by atoms with Gasteiger partial charge in [-0.25, -0.2) is 0 Å². The van der Waals surface area contributed by atoms with Crippen LogP contribution >= 0.6 is 0 Å². The number of benzene rings is 1. The fourth-order valence-electron chi connectivity index (χ4n) is 2.21. The molecule has 0 amide bonds. The predicted molar refractivity (Wildman–Crippen MR) is 76.2 cm³/mol. The molecule has 19 heavy (non-hydrogen) atoms. The Kier molecular flexibility index (Phi) is 3.90. The maximum Gasteiger partial charge on any atom is 0.124 e. The zero-order valence-electron chi connectivity index (χ0n) is 11.8. The maximum atomic E-state index is 6.51. The second-order valence-corrected chi connectivity index (χ2v) is 4.89. The molecule has 1 aromatic carbocycles. The van der Waals surface area contributed by atoms with Gasteiger partial charge in [0.25, 0.3) is 0 Å². The molecule has 102 valence electrons. The first-order valence-electron chi connectivity index (χ1n) is 6.55. The van der Waals surface area contributed by atoms with E-state index in [-0.39, 0.29) is 0 Å². The number of methoxy groups -OCH3 is 1. The zero-order valence-corrected chi connectivity index (χ0v) is 11.8. The second kappa shape index (κ2) is 5.45. The molecule has 4 nitrogen and oxygen atoms in total. The van der Waals surface area contributed by atoms with Crippen molar-refractivity contribution in [2.45, 2.75) is 32.4 Å². The first-order valence-corrected chi connectivity index (χ1v) is 6.55. The molecule has 2 rings (SSSR count). The Hall–Kier alpha value is -1.81. The van der Waals surface area contributed by atoms with E-state index < -0.39 is 5.54 Å². The van der Waals surface area contributed by atoms with Gasteiger partial charge in [0.1, 0.15) is 5.75 Å². The lowest BCUT2D eigenvalue weighted by Gasteiger charge is -2.25. The summed E-state index contributed by atoms with van der Waals surface area (Å²) >= 11 is 0. The number of rotatable bonds is 5. The van der Waals surface area contributed by atoms with Gasteiger partial charge in [-0.15, -0.1) is 0 Å². The molecule has 0 aliphatic heterocycles. The van der Waals surface area contributed by atoms with Gasteiger partial charge in [-0.2, -0.15) is 5.10 Å². The predicted octanol–water partition coefficient (Wildman–Crippen LogP) is 2.52. The number of para-hydroxylation sites is 1. The van der Waals surface area contributed by atoms with E-state index in [4.69, 9.17) is 10.5 Å². The zero-order chi connectivity index (χ0) is 13.9. The third kappa shape index (κ3) is 2.63. The Morgan fingerprint density at radius 1 is 1.37 bits per heavy atom. The van der Waals surface area contributed by atoms with Gasteiger partial charge >= 0.3 is 0 Å². The molecule has 1 aromatic heterocycles. The van der Waals surface area contributed by atoms with E-state index >= 15 is 0 Å². The van der Waals surface area contributed by atoms with Crippen LogP contribution in [0, 0.1) is 0 Å². The van der Waals surface area contributed by atoms with Crippen LogP contribution in [0.3, 0.4) is 0 Å². The number of nitrogens with two attached hydrogens (primary N) is 1. The van der Waals surface area contributed by atoms with Crippen LogP contribution in [-0.4, -0.2) is 16.9 Å². The van der Waals surface area contributed by atoms with Crippen LogP contribution < -0.4 is 10.5 Å². The average Bonchev–Trinajstić information content (AvgIpc) is 2.88.